The number of aliphatic hydroxyl groups excluding tert-OH is 1. The zero-order valence-electron chi connectivity index (χ0n) is 19.0. The minimum absolute atomic E-state index is 0. The van der Waals surface area contributed by atoms with E-state index in [1.54, 1.807) is 19.2 Å². The largest absolute Gasteiger partial charge is 0.573 e. The lowest BCUT2D eigenvalue weighted by Crippen LogP contribution is -2.41. The second-order valence-electron chi connectivity index (χ2n) is 7.24. The number of aliphatic imine (C=N–C) groups is 1. The van der Waals surface area contributed by atoms with Gasteiger partial charge >= 0.3 is 6.36 Å². The van der Waals surface area contributed by atoms with Gasteiger partial charge in [0.05, 0.1) is 0 Å². The van der Waals surface area contributed by atoms with E-state index >= 15 is 0 Å². The highest BCUT2D eigenvalue weighted by molar-refractivity contribution is 14.0. The molecule has 1 unspecified atom stereocenters. The van der Waals surface area contributed by atoms with Crippen LogP contribution in [0.2, 0.25) is 0 Å². The molecule has 186 valence electrons. The molecule has 0 aromatic heterocycles. The second kappa shape index (κ2) is 17.2. The van der Waals surface area contributed by atoms with Crippen LogP contribution in [0.1, 0.15) is 18.9 Å². The Hall–Kier alpha value is -1.31. The van der Waals surface area contributed by atoms with Gasteiger partial charge in [-0.05, 0) is 44.5 Å². The molecule has 0 spiro atoms. The number of methoxy groups -OCH3 is 1. The van der Waals surface area contributed by atoms with Crippen LogP contribution in [0.15, 0.2) is 29.3 Å². The van der Waals surface area contributed by atoms with Gasteiger partial charge < -0.3 is 30.1 Å². The summed E-state index contributed by atoms with van der Waals surface area (Å²) in [5.74, 6) is 0.252. The molecule has 1 aromatic rings. The molecule has 0 saturated carbocycles. The van der Waals surface area contributed by atoms with Crippen molar-refractivity contribution in [2.75, 3.05) is 60.1 Å². The van der Waals surface area contributed by atoms with Crippen molar-refractivity contribution in [1.82, 2.24) is 15.5 Å². The van der Waals surface area contributed by atoms with Gasteiger partial charge in [-0.25, -0.2) is 0 Å². The van der Waals surface area contributed by atoms with Crippen molar-refractivity contribution in [3.8, 4) is 5.75 Å². The van der Waals surface area contributed by atoms with Gasteiger partial charge in [0.15, 0.2) is 5.96 Å². The Kier molecular flexibility index (Phi) is 16.5. The maximum absolute atomic E-state index is 12.3. The summed E-state index contributed by atoms with van der Waals surface area (Å²) in [7, 11) is 3.74. The van der Waals surface area contributed by atoms with Gasteiger partial charge in [0.25, 0.3) is 0 Å². The van der Waals surface area contributed by atoms with E-state index in [0.29, 0.717) is 25.5 Å². The van der Waals surface area contributed by atoms with Crippen molar-refractivity contribution in [2.45, 2.75) is 26.1 Å². The van der Waals surface area contributed by atoms with E-state index in [2.05, 4.69) is 25.3 Å². The average molecular weight is 576 g/mol. The van der Waals surface area contributed by atoms with Crippen LogP contribution in [0.25, 0.3) is 0 Å². The molecule has 32 heavy (non-hydrogen) atoms. The van der Waals surface area contributed by atoms with E-state index in [9.17, 15) is 18.3 Å². The van der Waals surface area contributed by atoms with E-state index in [-0.39, 0.29) is 42.3 Å². The summed E-state index contributed by atoms with van der Waals surface area (Å²) in [6.07, 6.45) is -3.24. The first-order chi connectivity index (χ1) is 14.8. The predicted molar refractivity (Wildman–Crippen MR) is 131 cm³/mol. The van der Waals surface area contributed by atoms with Gasteiger partial charge in [-0.1, -0.05) is 12.1 Å². The van der Waals surface area contributed by atoms with Crippen LogP contribution in [0.4, 0.5) is 13.2 Å². The first-order valence-corrected chi connectivity index (χ1v) is 10.4. The minimum atomic E-state index is -4.71. The fourth-order valence-corrected chi connectivity index (χ4v) is 2.87. The van der Waals surface area contributed by atoms with E-state index in [1.807, 2.05) is 14.0 Å². The predicted octanol–water partition coefficient (Wildman–Crippen LogP) is 2.88. The van der Waals surface area contributed by atoms with Crippen LogP contribution < -0.4 is 15.4 Å². The maximum atomic E-state index is 12.3. The van der Waals surface area contributed by atoms with Crippen LogP contribution in [0.3, 0.4) is 0 Å². The molecule has 0 aliphatic rings. The Morgan fingerprint density at radius 3 is 2.44 bits per heavy atom. The summed E-state index contributed by atoms with van der Waals surface area (Å²) in [6.45, 7) is 6.25. The quantitative estimate of drug-likeness (QED) is 0.137. The highest BCUT2D eigenvalue weighted by atomic mass is 127. The third-order valence-corrected chi connectivity index (χ3v) is 4.47. The average Bonchev–Trinajstić information content (AvgIpc) is 2.71. The number of nitrogens with one attached hydrogen (secondary N) is 2. The lowest BCUT2D eigenvalue weighted by Gasteiger charge is -2.19. The molecule has 0 aliphatic heterocycles. The van der Waals surface area contributed by atoms with Gasteiger partial charge in [-0.3, -0.25) is 4.99 Å². The number of alkyl halides is 3. The molecule has 0 heterocycles. The Morgan fingerprint density at radius 2 is 1.88 bits per heavy atom. The molecule has 1 atom stereocenters. The summed E-state index contributed by atoms with van der Waals surface area (Å²) in [6, 6.07) is 5.68. The SMILES string of the molecule is CCNC(=NCC(CO)Cc1ccc(OC(F)(F)F)cc1)NCCN(C)CCCOC.I. The van der Waals surface area contributed by atoms with E-state index in [4.69, 9.17) is 4.74 Å². The van der Waals surface area contributed by atoms with Crippen LogP contribution in [0.5, 0.6) is 5.75 Å². The summed E-state index contributed by atoms with van der Waals surface area (Å²) in [4.78, 5) is 6.75. The van der Waals surface area contributed by atoms with Crippen molar-refractivity contribution in [1.29, 1.82) is 0 Å². The number of likely N-dealkylation sites (N-methyl/N-ethyl adjacent to an activating group) is 1. The fraction of sp³-hybridized carbons (Fsp3) is 0.667. The van der Waals surface area contributed by atoms with Crippen LogP contribution in [0, 0.1) is 5.92 Å². The van der Waals surface area contributed by atoms with E-state index in [0.717, 1.165) is 38.2 Å². The maximum Gasteiger partial charge on any atom is 0.573 e. The molecule has 1 rings (SSSR count). The number of aliphatic hydroxyl groups is 1. The topological polar surface area (TPSA) is 78.4 Å². The summed E-state index contributed by atoms with van der Waals surface area (Å²) in [5, 5.41) is 16.1. The van der Waals surface area contributed by atoms with Gasteiger partial charge in [-0.15, -0.1) is 37.1 Å². The number of nitrogens with zero attached hydrogens (tertiary/aromatic N) is 2. The van der Waals surface area contributed by atoms with Crippen molar-refractivity contribution >= 4 is 29.9 Å². The standard InChI is InChI=1S/C21H35F3N4O3.HI/c1-4-25-20(26-10-12-28(2)11-5-13-30-3)27-15-18(16-29)14-17-6-8-19(9-7-17)31-21(22,23)24;/h6-9,18,29H,4-5,10-16H2,1-3H3,(H2,25,26,27);1H. The van der Waals surface area contributed by atoms with Crippen LogP contribution >= 0.6 is 24.0 Å². The smallest absolute Gasteiger partial charge is 0.406 e. The normalized spacial score (nSPS) is 12.9. The molecular weight excluding hydrogens is 540 g/mol. The highest BCUT2D eigenvalue weighted by Gasteiger charge is 2.30. The second-order valence-corrected chi connectivity index (χ2v) is 7.24. The molecule has 1 aromatic carbocycles. The Balaban J connectivity index is 0.00000961. The summed E-state index contributed by atoms with van der Waals surface area (Å²) in [5.41, 5.74) is 0.805. The zero-order valence-corrected chi connectivity index (χ0v) is 21.3. The first kappa shape index (κ1) is 30.7. The first-order valence-electron chi connectivity index (χ1n) is 10.4. The highest BCUT2D eigenvalue weighted by Crippen LogP contribution is 2.23. The molecule has 0 saturated heterocycles. The number of guanidine groups is 1. The van der Waals surface area contributed by atoms with Crippen molar-refractivity contribution in [3.05, 3.63) is 29.8 Å². The minimum Gasteiger partial charge on any atom is -0.406 e. The van der Waals surface area contributed by atoms with Crippen molar-refractivity contribution in [3.63, 3.8) is 0 Å². The molecule has 7 nitrogen and oxygen atoms in total. The summed E-state index contributed by atoms with van der Waals surface area (Å²) >= 11 is 0. The Labute approximate surface area is 205 Å². The van der Waals surface area contributed by atoms with Gasteiger partial charge in [0, 0.05) is 59.0 Å². The zero-order chi connectivity index (χ0) is 23.1. The number of rotatable bonds is 14. The molecule has 0 aliphatic carbocycles. The van der Waals surface area contributed by atoms with Gasteiger partial charge in [0.1, 0.15) is 5.75 Å². The lowest BCUT2D eigenvalue weighted by molar-refractivity contribution is -0.274. The van der Waals surface area contributed by atoms with E-state index in [1.165, 1.54) is 12.1 Å². The number of hydrogen-bond donors (Lipinski definition) is 3. The third-order valence-electron chi connectivity index (χ3n) is 4.47. The van der Waals surface area contributed by atoms with Gasteiger partial charge in [-0.2, -0.15) is 0 Å². The van der Waals surface area contributed by atoms with E-state index < -0.39 is 6.36 Å². The fourth-order valence-electron chi connectivity index (χ4n) is 2.87. The molecule has 0 bridgehead atoms. The molecule has 11 heteroatoms. The molecule has 0 amide bonds. The van der Waals surface area contributed by atoms with Crippen molar-refractivity contribution in [2.24, 2.45) is 10.9 Å². The van der Waals surface area contributed by atoms with Crippen LogP contribution in [-0.4, -0.2) is 82.4 Å². The van der Waals surface area contributed by atoms with Crippen LogP contribution in [-0.2, 0) is 11.2 Å². The van der Waals surface area contributed by atoms with Crippen molar-refractivity contribution < 1.29 is 27.8 Å². The molecule has 0 fully saturated rings. The third kappa shape index (κ3) is 14.7. The summed E-state index contributed by atoms with van der Waals surface area (Å²) < 4.78 is 45.7. The monoisotopic (exact) mass is 576 g/mol. The number of benzene rings is 1. The Bertz CT molecular complexity index is 634. The number of ether oxygens (including phenoxy) is 2. The molecular formula is C21H36F3IN4O3. The lowest BCUT2D eigenvalue weighted by atomic mass is 10.0. The van der Waals surface area contributed by atoms with Gasteiger partial charge in [0.2, 0.25) is 0 Å². The number of halogens is 4. The molecule has 0 radical (unpaired) electrons. The molecule has 3 N–H and O–H groups in total. The number of hydrogen-bond acceptors (Lipinski definition) is 5. The Morgan fingerprint density at radius 1 is 1.19 bits per heavy atom.